The lowest BCUT2D eigenvalue weighted by Crippen LogP contribution is -2.55. The average Bonchev–Trinajstić information content (AvgIpc) is 2.50. The van der Waals surface area contributed by atoms with E-state index in [-0.39, 0.29) is 23.5 Å². The SMILES string of the molecule is CC1NC(C)(c2ccccc2)COC1c1ccc(F)cn1. The summed E-state index contributed by atoms with van der Waals surface area (Å²) < 4.78 is 19.0. The van der Waals surface area contributed by atoms with Gasteiger partial charge in [0.05, 0.1) is 24.0 Å². The number of hydrogen-bond donors (Lipinski definition) is 1. The highest BCUT2D eigenvalue weighted by atomic mass is 19.1. The van der Waals surface area contributed by atoms with Crippen LogP contribution in [0, 0.1) is 5.82 Å². The number of aromatic nitrogens is 1. The summed E-state index contributed by atoms with van der Waals surface area (Å²) in [5, 5.41) is 3.61. The Bertz CT molecular complexity index is 602. The zero-order chi connectivity index (χ0) is 14.9. The molecule has 0 bridgehead atoms. The Labute approximate surface area is 124 Å². The molecule has 1 aromatic carbocycles. The van der Waals surface area contributed by atoms with E-state index >= 15 is 0 Å². The lowest BCUT2D eigenvalue weighted by atomic mass is 9.89. The number of rotatable bonds is 2. The van der Waals surface area contributed by atoms with Crippen LogP contribution in [-0.2, 0) is 10.3 Å². The first-order chi connectivity index (χ1) is 10.1. The van der Waals surface area contributed by atoms with Gasteiger partial charge in [0.2, 0.25) is 0 Å². The monoisotopic (exact) mass is 286 g/mol. The number of morpholine rings is 1. The second-order valence-corrected chi connectivity index (χ2v) is 5.76. The second kappa shape index (κ2) is 5.54. The molecule has 0 aliphatic carbocycles. The smallest absolute Gasteiger partial charge is 0.141 e. The van der Waals surface area contributed by atoms with Crippen LogP contribution in [-0.4, -0.2) is 17.6 Å². The molecule has 1 aliphatic rings. The van der Waals surface area contributed by atoms with Crippen LogP contribution in [0.4, 0.5) is 4.39 Å². The third kappa shape index (κ3) is 2.82. The molecule has 110 valence electrons. The molecule has 2 aromatic rings. The van der Waals surface area contributed by atoms with E-state index < -0.39 is 0 Å². The first kappa shape index (κ1) is 14.2. The van der Waals surface area contributed by atoms with E-state index in [1.165, 1.54) is 17.8 Å². The molecule has 0 amide bonds. The minimum Gasteiger partial charge on any atom is -0.368 e. The number of ether oxygens (including phenoxy) is 1. The molecule has 3 rings (SSSR count). The summed E-state index contributed by atoms with van der Waals surface area (Å²) >= 11 is 0. The molecule has 3 unspecified atom stereocenters. The Morgan fingerprint density at radius 1 is 1.24 bits per heavy atom. The van der Waals surface area contributed by atoms with Gasteiger partial charge in [-0.3, -0.25) is 4.98 Å². The van der Waals surface area contributed by atoms with Gasteiger partial charge in [0, 0.05) is 6.04 Å². The Hall–Kier alpha value is -1.78. The van der Waals surface area contributed by atoms with Gasteiger partial charge in [0.1, 0.15) is 11.9 Å². The van der Waals surface area contributed by atoms with Crippen molar-refractivity contribution < 1.29 is 9.13 Å². The van der Waals surface area contributed by atoms with Crippen LogP contribution in [0.1, 0.15) is 31.2 Å². The summed E-state index contributed by atoms with van der Waals surface area (Å²) in [6, 6.07) is 13.4. The average molecular weight is 286 g/mol. The number of benzene rings is 1. The zero-order valence-electron chi connectivity index (χ0n) is 12.2. The van der Waals surface area contributed by atoms with Crippen LogP contribution in [0.3, 0.4) is 0 Å². The number of nitrogens with one attached hydrogen (secondary N) is 1. The molecule has 1 fully saturated rings. The summed E-state index contributed by atoms with van der Waals surface area (Å²) in [5.41, 5.74) is 1.73. The molecule has 2 heterocycles. The van der Waals surface area contributed by atoms with E-state index in [0.717, 1.165) is 5.69 Å². The van der Waals surface area contributed by atoms with E-state index in [1.54, 1.807) is 6.07 Å². The third-order valence-electron chi connectivity index (χ3n) is 4.00. The highest BCUT2D eigenvalue weighted by molar-refractivity contribution is 5.25. The van der Waals surface area contributed by atoms with Gasteiger partial charge in [0.25, 0.3) is 0 Å². The number of halogens is 1. The van der Waals surface area contributed by atoms with Crippen LogP contribution in [0.15, 0.2) is 48.7 Å². The lowest BCUT2D eigenvalue weighted by Gasteiger charge is -2.43. The minimum absolute atomic E-state index is 0.0851. The molecule has 1 N–H and O–H groups in total. The van der Waals surface area contributed by atoms with Crippen LogP contribution < -0.4 is 5.32 Å². The molecule has 1 saturated heterocycles. The van der Waals surface area contributed by atoms with E-state index in [1.807, 2.05) is 18.2 Å². The van der Waals surface area contributed by atoms with Crippen molar-refractivity contribution in [2.45, 2.75) is 31.5 Å². The van der Waals surface area contributed by atoms with Crippen molar-refractivity contribution in [1.82, 2.24) is 10.3 Å². The highest BCUT2D eigenvalue weighted by Gasteiger charge is 2.38. The van der Waals surface area contributed by atoms with Gasteiger partial charge < -0.3 is 10.1 Å². The Morgan fingerprint density at radius 2 is 2.00 bits per heavy atom. The summed E-state index contributed by atoms with van der Waals surface area (Å²) in [6.07, 6.45) is 1.07. The second-order valence-electron chi connectivity index (χ2n) is 5.76. The fourth-order valence-electron chi connectivity index (χ4n) is 2.89. The summed E-state index contributed by atoms with van der Waals surface area (Å²) in [4.78, 5) is 4.13. The third-order valence-corrected chi connectivity index (χ3v) is 4.00. The van der Waals surface area contributed by atoms with Crippen molar-refractivity contribution in [2.75, 3.05) is 6.61 Å². The van der Waals surface area contributed by atoms with Gasteiger partial charge in [0.15, 0.2) is 0 Å². The summed E-state index contributed by atoms with van der Waals surface area (Å²) in [6.45, 7) is 4.74. The van der Waals surface area contributed by atoms with Gasteiger partial charge in [-0.2, -0.15) is 0 Å². The van der Waals surface area contributed by atoms with Crippen molar-refractivity contribution in [2.24, 2.45) is 0 Å². The van der Waals surface area contributed by atoms with Gasteiger partial charge in [-0.15, -0.1) is 0 Å². The maximum Gasteiger partial charge on any atom is 0.141 e. The molecule has 1 aromatic heterocycles. The maximum absolute atomic E-state index is 13.0. The number of hydrogen-bond acceptors (Lipinski definition) is 3. The Morgan fingerprint density at radius 3 is 2.62 bits per heavy atom. The predicted octanol–water partition coefficient (Wildman–Crippen LogP) is 3.19. The van der Waals surface area contributed by atoms with E-state index in [0.29, 0.717) is 6.61 Å². The summed E-state index contributed by atoms with van der Waals surface area (Å²) in [7, 11) is 0. The largest absolute Gasteiger partial charge is 0.368 e. The van der Waals surface area contributed by atoms with Crippen molar-refractivity contribution in [3.8, 4) is 0 Å². The molecule has 4 heteroatoms. The summed E-state index contributed by atoms with van der Waals surface area (Å²) in [5.74, 6) is -0.329. The van der Waals surface area contributed by atoms with Crippen LogP contribution >= 0.6 is 0 Å². The molecular formula is C17H19FN2O. The first-order valence-corrected chi connectivity index (χ1v) is 7.15. The molecular weight excluding hydrogens is 267 g/mol. The predicted molar refractivity (Wildman–Crippen MR) is 79.3 cm³/mol. The number of pyridine rings is 1. The molecule has 1 aliphatic heterocycles. The van der Waals surface area contributed by atoms with Gasteiger partial charge in [-0.05, 0) is 31.5 Å². The topological polar surface area (TPSA) is 34.1 Å². The van der Waals surface area contributed by atoms with Crippen molar-refractivity contribution >= 4 is 0 Å². The fourth-order valence-corrected chi connectivity index (χ4v) is 2.89. The zero-order valence-corrected chi connectivity index (χ0v) is 12.2. The molecule has 0 radical (unpaired) electrons. The highest BCUT2D eigenvalue weighted by Crippen LogP contribution is 2.32. The van der Waals surface area contributed by atoms with Gasteiger partial charge >= 0.3 is 0 Å². The quantitative estimate of drug-likeness (QED) is 0.920. The molecule has 3 atom stereocenters. The van der Waals surface area contributed by atoms with Gasteiger partial charge in [-0.25, -0.2) is 4.39 Å². The molecule has 0 spiro atoms. The Kier molecular flexibility index (Phi) is 3.74. The first-order valence-electron chi connectivity index (χ1n) is 7.15. The van der Waals surface area contributed by atoms with E-state index in [2.05, 4.69) is 36.3 Å². The van der Waals surface area contributed by atoms with Crippen LogP contribution in [0.25, 0.3) is 0 Å². The van der Waals surface area contributed by atoms with Crippen LogP contribution in [0.2, 0.25) is 0 Å². The molecule has 3 nitrogen and oxygen atoms in total. The fraction of sp³-hybridized carbons (Fsp3) is 0.353. The van der Waals surface area contributed by atoms with Crippen molar-refractivity contribution in [3.05, 3.63) is 65.7 Å². The minimum atomic E-state index is -0.329. The normalized spacial score (nSPS) is 29.3. The van der Waals surface area contributed by atoms with Crippen molar-refractivity contribution in [1.29, 1.82) is 0 Å². The van der Waals surface area contributed by atoms with Crippen molar-refractivity contribution in [3.63, 3.8) is 0 Å². The lowest BCUT2D eigenvalue weighted by molar-refractivity contribution is -0.0593. The number of nitrogens with zero attached hydrogens (tertiary/aromatic N) is 1. The maximum atomic E-state index is 13.0. The van der Waals surface area contributed by atoms with Gasteiger partial charge in [-0.1, -0.05) is 30.3 Å². The standard InChI is InChI=1S/C17H19FN2O/c1-12-16(15-9-8-14(18)10-19-15)21-11-17(2,20-12)13-6-4-3-5-7-13/h3-10,12,16,20H,11H2,1-2H3. The Balaban J connectivity index is 1.79. The van der Waals surface area contributed by atoms with E-state index in [4.69, 9.17) is 4.74 Å². The molecule has 21 heavy (non-hydrogen) atoms. The van der Waals surface area contributed by atoms with Crippen LogP contribution in [0.5, 0.6) is 0 Å². The van der Waals surface area contributed by atoms with E-state index in [9.17, 15) is 4.39 Å². The molecule has 0 saturated carbocycles.